The Morgan fingerprint density at radius 2 is 2.23 bits per heavy atom. The van der Waals surface area contributed by atoms with Crippen LogP contribution in [0.4, 0.5) is 0 Å². The van der Waals surface area contributed by atoms with Gasteiger partial charge in [0.15, 0.2) is 5.78 Å². The van der Waals surface area contributed by atoms with Crippen molar-refractivity contribution in [2.75, 3.05) is 6.61 Å². The van der Waals surface area contributed by atoms with Gasteiger partial charge in [0.2, 0.25) is 0 Å². The first kappa shape index (κ1) is 8.56. The van der Waals surface area contributed by atoms with Gasteiger partial charge < -0.3 is 9.84 Å². The predicted molar refractivity (Wildman–Crippen MR) is 50.0 cm³/mol. The van der Waals surface area contributed by atoms with Gasteiger partial charge in [-0.1, -0.05) is 0 Å². The third kappa shape index (κ3) is 1.54. The number of carbonyl (C=O) groups is 1. The van der Waals surface area contributed by atoms with E-state index in [0.717, 1.165) is 5.56 Å². The summed E-state index contributed by atoms with van der Waals surface area (Å²) in [4.78, 5) is 11.0. The van der Waals surface area contributed by atoms with Crippen LogP contribution in [-0.2, 0) is 11.2 Å². The molecule has 0 fully saturated rings. The van der Waals surface area contributed by atoms with Crippen molar-refractivity contribution in [3.05, 3.63) is 22.2 Å². The minimum Gasteiger partial charge on any atom is -0.507 e. The van der Waals surface area contributed by atoms with Crippen molar-refractivity contribution in [3.63, 3.8) is 0 Å². The molecule has 2 rings (SSSR count). The lowest BCUT2D eigenvalue weighted by Crippen LogP contribution is -2.19. The van der Waals surface area contributed by atoms with Crippen molar-refractivity contribution in [3.8, 4) is 11.5 Å². The van der Waals surface area contributed by atoms with Crippen molar-refractivity contribution in [2.45, 2.75) is 6.42 Å². The number of Topliss-reactive ketones (excluding diaryl/α,β-unsaturated/α-hetero) is 1. The van der Waals surface area contributed by atoms with Crippen molar-refractivity contribution in [1.29, 1.82) is 0 Å². The van der Waals surface area contributed by atoms with Crippen molar-refractivity contribution < 1.29 is 14.6 Å². The number of hydrogen-bond acceptors (Lipinski definition) is 3. The average molecular weight is 243 g/mol. The van der Waals surface area contributed by atoms with Crippen LogP contribution in [0.25, 0.3) is 0 Å². The van der Waals surface area contributed by atoms with Crippen LogP contribution in [-0.4, -0.2) is 17.5 Å². The maximum Gasteiger partial charge on any atom is 0.174 e. The van der Waals surface area contributed by atoms with Crippen LogP contribution in [0.1, 0.15) is 5.56 Å². The van der Waals surface area contributed by atoms with E-state index in [-0.39, 0.29) is 18.1 Å². The number of ether oxygens (including phenoxy) is 1. The van der Waals surface area contributed by atoms with Gasteiger partial charge in [0, 0.05) is 18.1 Å². The largest absolute Gasteiger partial charge is 0.507 e. The number of carbonyl (C=O) groups excluding carboxylic acids is 1. The maximum atomic E-state index is 11.0. The number of rotatable bonds is 0. The third-order valence-electron chi connectivity index (χ3n) is 1.91. The Balaban J connectivity index is 2.49. The Morgan fingerprint density at radius 3 is 3.00 bits per heavy atom. The molecule has 0 unspecified atom stereocenters. The molecule has 1 heterocycles. The molecular weight excluding hydrogens is 236 g/mol. The van der Waals surface area contributed by atoms with E-state index in [0.29, 0.717) is 16.6 Å². The lowest BCUT2D eigenvalue weighted by Gasteiger charge is -2.16. The van der Waals surface area contributed by atoms with E-state index in [9.17, 15) is 9.90 Å². The molecule has 1 N–H and O–H groups in total. The molecule has 4 heteroatoms. The number of phenols is 1. The van der Waals surface area contributed by atoms with E-state index >= 15 is 0 Å². The van der Waals surface area contributed by atoms with Gasteiger partial charge in [-0.2, -0.15) is 0 Å². The predicted octanol–water partition coefficient (Wildman–Crippen LogP) is 1.66. The Kier molecular flexibility index (Phi) is 2.00. The SMILES string of the molecule is O=C1COc2cc(O)c(Br)cc2C1. The molecule has 0 atom stereocenters. The number of benzene rings is 1. The summed E-state index contributed by atoms with van der Waals surface area (Å²) in [6, 6.07) is 3.23. The van der Waals surface area contributed by atoms with Crippen LogP contribution in [0.3, 0.4) is 0 Å². The van der Waals surface area contributed by atoms with Crippen LogP contribution >= 0.6 is 15.9 Å². The molecule has 0 bridgehead atoms. The standard InChI is InChI=1S/C9H7BrO3/c10-7-2-5-1-6(11)4-13-9(5)3-8(7)12/h2-3,12H,1,4H2. The van der Waals surface area contributed by atoms with Gasteiger partial charge in [0.05, 0.1) is 4.47 Å². The van der Waals surface area contributed by atoms with E-state index in [2.05, 4.69) is 15.9 Å². The number of phenolic OH excluding ortho intramolecular Hbond substituents is 1. The highest BCUT2D eigenvalue weighted by atomic mass is 79.9. The average Bonchev–Trinajstić information content (AvgIpc) is 2.08. The Hall–Kier alpha value is -1.03. The second kappa shape index (κ2) is 3.03. The number of hydrogen-bond donors (Lipinski definition) is 1. The molecule has 0 radical (unpaired) electrons. The van der Waals surface area contributed by atoms with E-state index in [1.54, 1.807) is 6.07 Å². The highest BCUT2D eigenvalue weighted by molar-refractivity contribution is 9.10. The van der Waals surface area contributed by atoms with Crippen LogP contribution in [0.5, 0.6) is 11.5 Å². The minimum atomic E-state index is 0.0603. The summed E-state index contributed by atoms with van der Waals surface area (Å²) >= 11 is 3.18. The van der Waals surface area contributed by atoms with E-state index < -0.39 is 0 Å². The fourth-order valence-electron chi connectivity index (χ4n) is 1.28. The van der Waals surface area contributed by atoms with Gasteiger partial charge in [-0.3, -0.25) is 4.79 Å². The molecule has 0 saturated carbocycles. The van der Waals surface area contributed by atoms with Gasteiger partial charge in [-0.25, -0.2) is 0 Å². The highest BCUT2D eigenvalue weighted by Crippen LogP contribution is 2.33. The summed E-state index contributed by atoms with van der Waals surface area (Å²) in [5, 5.41) is 9.33. The van der Waals surface area contributed by atoms with Gasteiger partial charge in [0.1, 0.15) is 18.1 Å². The minimum absolute atomic E-state index is 0.0603. The fourth-order valence-corrected chi connectivity index (χ4v) is 1.67. The molecule has 3 nitrogen and oxygen atoms in total. The first-order valence-corrected chi connectivity index (χ1v) is 4.62. The van der Waals surface area contributed by atoms with Crippen molar-refractivity contribution >= 4 is 21.7 Å². The normalized spacial score (nSPS) is 15.0. The number of aromatic hydroxyl groups is 1. The van der Waals surface area contributed by atoms with Gasteiger partial charge in [-0.05, 0) is 22.0 Å². The fraction of sp³-hybridized carbons (Fsp3) is 0.222. The molecule has 13 heavy (non-hydrogen) atoms. The molecule has 0 amide bonds. The monoisotopic (exact) mass is 242 g/mol. The van der Waals surface area contributed by atoms with Crippen LogP contribution < -0.4 is 4.74 Å². The summed E-state index contributed by atoms with van der Waals surface area (Å²) in [5.41, 5.74) is 0.820. The second-order valence-corrected chi connectivity index (χ2v) is 3.77. The Bertz CT molecular complexity index is 373. The zero-order chi connectivity index (χ0) is 9.42. The highest BCUT2D eigenvalue weighted by Gasteiger charge is 2.18. The molecule has 0 spiro atoms. The number of halogens is 1. The lowest BCUT2D eigenvalue weighted by molar-refractivity contribution is -0.121. The van der Waals surface area contributed by atoms with Crippen LogP contribution in [0, 0.1) is 0 Å². The first-order valence-electron chi connectivity index (χ1n) is 3.82. The van der Waals surface area contributed by atoms with E-state index in [1.165, 1.54) is 6.07 Å². The van der Waals surface area contributed by atoms with Crippen LogP contribution in [0.2, 0.25) is 0 Å². The quantitative estimate of drug-likeness (QED) is 0.753. The van der Waals surface area contributed by atoms with Gasteiger partial charge >= 0.3 is 0 Å². The van der Waals surface area contributed by atoms with Crippen molar-refractivity contribution in [1.82, 2.24) is 0 Å². The summed E-state index contributed by atoms with van der Waals surface area (Å²) in [6.45, 7) is 0.105. The molecular formula is C9H7BrO3. The molecule has 1 aliphatic rings. The second-order valence-electron chi connectivity index (χ2n) is 2.92. The molecule has 0 saturated heterocycles. The smallest absolute Gasteiger partial charge is 0.174 e. The van der Waals surface area contributed by atoms with Gasteiger partial charge in [0.25, 0.3) is 0 Å². The molecule has 1 aliphatic heterocycles. The summed E-state index contributed by atoms with van der Waals surface area (Å²) in [7, 11) is 0. The zero-order valence-corrected chi connectivity index (χ0v) is 8.30. The molecule has 0 aromatic heterocycles. The topological polar surface area (TPSA) is 46.5 Å². The van der Waals surface area contributed by atoms with Crippen LogP contribution in [0.15, 0.2) is 16.6 Å². The Labute approximate surface area is 83.5 Å². The molecule has 1 aromatic carbocycles. The Morgan fingerprint density at radius 1 is 1.46 bits per heavy atom. The summed E-state index contributed by atoms with van der Waals surface area (Å²) < 4.78 is 5.73. The first-order chi connectivity index (χ1) is 6.16. The zero-order valence-electron chi connectivity index (χ0n) is 6.71. The molecule has 68 valence electrons. The molecule has 0 aliphatic carbocycles. The third-order valence-corrected chi connectivity index (χ3v) is 2.54. The van der Waals surface area contributed by atoms with E-state index in [4.69, 9.17) is 4.74 Å². The van der Waals surface area contributed by atoms with E-state index in [1.807, 2.05) is 0 Å². The summed E-state index contributed by atoms with van der Waals surface area (Å²) in [5.74, 6) is 0.790. The molecule has 1 aromatic rings. The number of fused-ring (bicyclic) bond motifs is 1. The van der Waals surface area contributed by atoms with Gasteiger partial charge in [-0.15, -0.1) is 0 Å². The van der Waals surface area contributed by atoms with Crippen molar-refractivity contribution in [2.24, 2.45) is 0 Å². The maximum absolute atomic E-state index is 11.0. The summed E-state index contributed by atoms with van der Waals surface area (Å²) in [6.07, 6.45) is 0.383. The lowest BCUT2D eigenvalue weighted by atomic mass is 10.1. The number of ketones is 1.